The molecule has 0 saturated carbocycles. The van der Waals surface area contributed by atoms with Gasteiger partial charge in [-0.2, -0.15) is 13.2 Å². The van der Waals surface area contributed by atoms with Crippen molar-refractivity contribution in [1.82, 2.24) is 5.32 Å². The van der Waals surface area contributed by atoms with Crippen molar-refractivity contribution in [2.24, 2.45) is 0 Å². The summed E-state index contributed by atoms with van der Waals surface area (Å²) in [6.07, 6.45) is -1.97. The van der Waals surface area contributed by atoms with E-state index in [1.54, 1.807) is 0 Å². The van der Waals surface area contributed by atoms with Gasteiger partial charge in [0.1, 0.15) is 0 Å². The van der Waals surface area contributed by atoms with Crippen LogP contribution in [0.25, 0.3) is 0 Å². The molecule has 0 aromatic heterocycles. The molecule has 0 spiro atoms. The highest BCUT2D eigenvalue weighted by Gasteiger charge is 2.33. The molecule has 1 aliphatic rings. The van der Waals surface area contributed by atoms with Crippen molar-refractivity contribution in [1.29, 1.82) is 0 Å². The molecule has 5 nitrogen and oxygen atoms in total. The number of nitro groups is 1. The second kappa shape index (κ2) is 8.22. The van der Waals surface area contributed by atoms with Crippen LogP contribution in [0.2, 0.25) is 0 Å². The molecular weight excluding hydrogens is 393 g/mol. The summed E-state index contributed by atoms with van der Waals surface area (Å²) in [6, 6.07) is 10.0. The maximum atomic E-state index is 12.8. The molecule has 0 radical (unpaired) electrons. The zero-order valence-electron chi connectivity index (χ0n) is 14.7. The quantitative estimate of drug-likeness (QED) is 0.432. The summed E-state index contributed by atoms with van der Waals surface area (Å²) in [5.74, 6) is -0.439. The Balaban J connectivity index is 1.68. The molecule has 9 heteroatoms. The van der Waals surface area contributed by atoms with Crippen LogP contribution in [0.5, 0.6) is 0 Å². The Kier molecular flexibility index (Phi) is 5.93. The maximum absolute atomic E-state index is 12.8. The van der Waals surface area contributed by atoms with Gasteiger partial charge in [0.15, 0.2) is 0 Å². The van der Waals surface area contributed by atoms with Crippen LogP contribution < -0.4 is 5.32 Å². The molecule has 2 aromatic rings. The highest BCUT2D eigenvalue weighted by atomic mass is 32.2. The molecule has 0 heterocycles. The Hall–Kier alpha value is -2.55. The van der Waals surface area contributed by atoms with Gasteiger partial charge >= 0.3 is 6.18 Å². The second-order valence-corrected chi connectivity index (χ2v) is 7.45. The molecule has 3 rings (SSSR count). The van der Waals surface area contributed by atoms with Gasteiger partial charge in [0, 0.05) is 6.07 Å². The largest absolute Gasteiger partial charge is 0.416 e. The number of thioether (sulfide) groups is 1. The van der Waals surface area contributed by atoms with Gasteiger partial charge in [0.05, 0.1) is 27.2 Å². The monoisotopic (exact) mass is 410 g/mol. The van der Waals surface area contributed by atoms with Gasteiger partial charge in [-0.1, -0.05) is 24.3 Å². The third kappa shape index (κ3) is 4.64. The van der Waals surface area contributed by atoms with Crippen LogP contribution in [0.1, 0.15) is 35.6 Å². The lowest BCUT2D eigenvalue weighted by Gasteiger charge is -2.26. The number of nitrogens with one attached hydrogen (secondary N) is 1. The molecule has 0 fully saturated rings. The number of hydrogen-bond donors (Lipinski definition) is 1. The summed E-state index contributed by atoms with van der Waals surface area (Å²) in [4.78, 5) is 22.6. The summed E-state index contributed by atoms with van der Waals surface area (Å²) in [6.45, 7) is 0. The zero-order chi connectivity index (χ0) is 20.3. The van der Waals surface area contributed by atoms with Crippen molar-refractivity contribution in [3.05, 3.63) is 69.3 Å². The smallest absolute Gasteiger partial charge is 0.349 e. The Labute approximate surface area is 163 Å². The van der Waals surface area contributed by atoms with Crippen LogP contribution in [-0.2, 0) is 17.4 Å². The van der Waals surface area contributed by atoms with Crippen LogP contribution >= 0.6 is 11.8 Å². The number of aryl methyl sites for hydroxylation is 1. The SMILES string of the molecule is O=C(CSc1ccc(C(F)(F)F)cc1[N+](=O)[O-])N[C@@H]1CCCc2ccccc21. The van der Waals surface area contributed by atoms with E-state index in [0.29, 0.717) is 6.07 Å². The normalized spacial score (nSPS) is 16.3. The van der Waals surface area contributed by atoms with Crippen molar-refractivity contribution in [2.75, 3.05) is 5.75 Å². The van der Waals surface area contributed by atoms with Crippen molar-refractivity contribution in [3.8, 4) is 0 Å². The molecule has 1 atom stereocenters. The first-order valence-corrected chi connectivity index (χ1v) is 9.60. The van der Waals surface area contributed by atoms with Gasteiger partial charge in [0.25, 0.3) is 5.69 Å². The molecule has 1 N–H and O–H groups in total. The molecular formula is C19H17F3N2O3S. The number of nitrogens with zero attached hydrogens (tertiary/aromatic N) is 1. The predicted molar refractivity (Wildman–Crippen MR) is 99.1 cm³/mol. The summed E-state index contributed by atoms with van der Waals surface area (Å²) in [5.41, 5.74) is 0.500. The van der Waals surface area contributed by atoms with E-state index in [1.165, 1.54) is 5.56 Å². The van der Waals surface area contributed by atoms with E-state index in [1.807, 2.05) is 24.3 Å². The maximum Gasteiger partial charge on any atom is 0.416 e. The van der Waals surface area contributed by atoms with Gasteiger partial charge in [-0.05, 0) is 42.5 Å². The average Bonchev–Trinajstić information content (AvgIpc) is 2.65. The highest BCUT2D eigenvalue weighted by Crippen LogP contribution is 2.36. The van der Waals surface area contributed by atoms with E-state index in [9.17, 15) is 28.1 Å². The number of nitro benzene ring substituents is 1. The average molecular weight is 410 g/mol. The second-order valence-electron chi connectivity index (χ2n) is 6.44. The van der Waals surface area contributed by atoms with Crippen molar-refractivity contribution < 1.29 is 22.9 Å². The molecule has 148 valence electrons. The van der Waals surface area contributed by atoms with Crippen LogP contribution in [0.4, 0.5) is 18.9 Å². The van der Waals surface area contributed by atoms with Gasteiger partial charge in [0.2, 0.25) is 5.91 Å². The number of carbonyl (C=O) groups excluding carboxylic acids is 1. The first kappa shape index (κ1) is 20.2. The van der Waals surface area contributed by atoms with Gasteiger partial charge in [-0.3, -0.25) is 14.9 Å². The number of amides is 1. The minimum Gasteiger partial charge on any atom is -0.349 e. The van der Waals surface area contributed by atoms with Gasteiger partial charge in [-0.15, -0.1) is 11.8 Å². The highest BCUT2D eigenvalue weighted by molar-refractivity contribution is 8.00. The lowest BCUT2D eigenvalue weighted by atomic mass is 9.88. The molecule has 0 saturated heterocycles. The lowest BCUT2D eigenvalue weighted by Crippen LogP contribution is -2.32. The Morgan fingerprint density at radius 1 is 1.25 bits per heavy atom. The Bertz CT molecular complexity index is 902. The topological polar surface area (TPSA) is 72.2 Å². The van der Waals surface area contributed by atoms with Crippen LogP contribution in [0.15, 0.2) is 47.4 Å². The zero-order valence-corrected chi connectivity index (χ0v) is 15.5. The molecule has 0 unspecified atom stereocenters. The molecule has 1 amide bonds. The van der Waals surface area contributed by atoms with Crippen LogP contribution in [-0.4, -0.2) is 16.6 Å². The Morgan fingerprint density at radius 3 is 2.71 bits per heavy atom. The standard InChI is InChI=1S/C19H17F3N2O3S/c20-19(21,22)13-8-9-17(16(10-13)24(26)27)28-11-18(25)23-15-7-3-5-12-4-1-2-6-14(12)15/h1-2,4,6,8-10,15H,3,5,7,11H2,(H,23,25)/t15-/m1/s1. The summed E-state index contributed by atoms with van der Waals surface area (Å²) in [7, 11) is 0. The molecule has 2 aromatic carbocycles. The number of benzene rings is 2. The Morgan fingerprint density at radius 2 is 2.00 bits per heavy atom. The minimum atomic E-state index is -4.67. The lowest BCUT2D eigenvalue weighted by molar-refractivity contribution is -0.388. The molecule has 0 bridgehead atoms. The van der Waals surface area contributed by atoms with E-state index in [4.69, 9.17) is 0 Å². The molecule has 28 heavy (non-hydrogen) atoms. The summed E-state index contributed by atoms with van der Waals surface area (Å²) >= 11 is 0.852. The third-order valence-corrected chi connectivity index (χ3v) is 5.61. The fourth-order valence-corrected chi connectivity index (χ4v) is 4.06. The van der Waals surface area contributed by atoms with Gasteiger partial charge in [-0.25, -0.2) is 0 Å². The first-order chi connectivity index (χ1) is 13.3. The van der Waals surface area contributed by atoms with E-state index < -0.39 is 22.4 Å². The first-order valence-electron chi connectivity index (χ1n) is 8.61. The van der Waals surface area contributed by atoms with Gasteiger partial charge < -0.3 is 5.32 Å². The summed E-state index contributed by atoms with van der Waals surface area (Å²) < 4.78 is 38.3. The number of hydrogen-bond acceptors (Lipinski definition) is 4. The molecule has 1 aliphatic carbocycles. The third-order valence-electron chi connectivity index (χ3n) is 4.55. The predicted octanol–water partition coefficient (Wildman–Crippen LogP) is 4.90. The van der Waals surface area contributed by atoms with E-state index in [2.05, 4.69) is 5.32 Å². The number of halogens is 3. The van der Waals surface area contributed by atoms with E-state index in [-0.39, 0.29) is 22.6 Å². The number of carbonyl (C=O) groups is 1. The number of rotatable bonds is 5. The fourth-order valence-electron chi connectivity index (χ4n) is 3.24. The van der Waals surface area contributed by atoms with Crippen molar-refractivity contribution in [3.63, 3.8) is 0 Å². The number of alkyl halides is 3. The molecule has 0 aliphatic heterocycles. The van der Waals surface area contributed by atoms with E-state index in [0.717, 1.165) is 48.7 Å². The van der Waals surface area contributed by atoms with Crippen LogP contribution in [0.3, 0.4) is 0 Å². The fraction of sp³-hybridized carbons (Fsp3) is 0.316. The minimum absolute atomic E-state index is 0.0252. The van der Waals surface area contributed by atoms with Crippen molar-refractivity contribution >= 4 is 23.4 Å². The van der Waals surface area contributed by atoms with E-state index >= 15 is 0 Å². The summed E-state index contributed by atoms with van der Waals surface area (Å²) in [5, 5.41) is 14.0. The number of fused-ring (bicyclic) bond motifs is 1. The van der Waals surface area contributed by atoms with Crippen molar-refractivity contribution in [2.45, 2.75) is 36.4 Å². The van der Waals surface area contributed by atoms with Crippen LogP contribution in [0, 0.1) is 10.1 Å².